The van der Waals surface area contributed by atoms with Gasteiger partial charge < -0.3 is 10.4 Å². The lowest BCUT2D eigenvalue weighted by atomic mass is 9.90. The van der Waals surface area contributed by atoms with Crippen molar-refractivity contribution in [2.75, 3.05) is 0 Å². The highest BCUT2D eigenvalue weighted by Crippen LogP contribution is 2.26. The fourth-order valence-electron chi connectivity index (χ4n) is 2.04. The first-order valence-electron chi connectivity index (χ1n) is 6.52. The first kappa shape index (κ1) is 16.1. The highest BCUT2D eigenvalue weighted by atomic mass is 19.1. The molecule has 4 heteroatoms. The Bertz CT molecular complexity index is 427. The van der Waals surface area contributed by atoms with Crippen molar-refractivity contribution in [2.45, 2.75) is 52.3 Å². The van der Waals surface area contributed by atoms with Crippen LogP contribution in [0.3, 0.4) is 0 Å². The standard InChI is InChI=1S/C15H23F2NO/c1-9(2)13(18-15(3,4)5)14(19)11-8-10(16)6-7-12(11)17/h6-9,13-14,18-19H,1-5H3. The van der Waals surface area contributed by atoms with E-state index < -0.39 is 17.7 Å². The van der Waals surface area contributed by atoms with Crippen LogP contribution in [0.2, 0.25) is 0 Å². The molecular formula is C15H23F2NO. The van der Waals surface area contributed by atoms with Crippen molar-refractivity contribution < 1.29 is 13.9 Å². The number of nitrogens with one attached hydrogen (secondary N) is 1. The maximum atomic E-state index is 13.7. The van der Waals surface area contributed by atoms with Crippen LogP contribution in [-0.4, -0.2) is 16.7 Å². The fourth-order valence-corrected chi connectivity index (χ4v) is 2.04. The number of aliphatic hydroxyl groups excluding tert-OH is 1. The van der Waals surface area contributed by atoms with Crippen molar-refractivity contribution >= 4 is 0 Å². The Hall–Kier alpha value is -1.00. The maximum absolute atomic E-state index is 13.7. The summed E-state index contributed by atoms with van der Waals surface area (Å²) in [6, 6.07) is 2.80. The first-order chi connectivity index (χ1) is 8.61. The fraction of sp³-hybridized carbons (Fsp3) is 0.600. The molecule has 0 aliphatic carbocycles. The molecule has 0 aliphatic rings. The van der Waals surface area contributed by atoms with Crippen LogP contribution in [0.1, 0.15) is 46.3 Å². The van der Waals surface area contributed by atoms with Crippen molar-refractivity contribution in [1.82, 2.24) is 5.32 Å². The van der Waals surface area contributed by atoms with Gasteiger partial charge in [-0.25, -0.2) is 8.78 Å². The summed E-state index contributed by atoms with van der Waals surface area (Å²) in [5.41, 5.74) is -0.227. The second-order valence-corrected chi connectivity index (χ2v) is 6.27. The summed E-state index contributed by atoms with van der Waals surface area (Å²) in [4.78, 5) is 0. The predicted octanol–water partition coefficient (Wildman–Crippen LogP) is 3.41. The molecule has 0 fully saturated rings. The Kier molecular flexibility index (Phi) is 5.04. The van der Waals surface area contributed by atoms with Crippen LogP contribution in [0.4, 0.5) is 8.78 Å². The Labute approximate surface area is 113 Å². The summed E-state index contributed by atoms with van der Waals surface area (Å²) in [7, 11) is 0. The first-order valence-corrected chi connectivity index (χ1v) is 6.52. The summed E-state index contributed by atoms with van der Waals surface area (Å²) in [5, 5.41) is 13.6. The third kappa shape index (κ3) is 4.55. The molecule has 2 unspecified atom stereocenters. The molecule has 0 radical (unpaired) electrons. The quantitative estimate of drug-likeness (QED) is 0.879. The van der Waals surface area contributed by atoms with Crippen molar-refractivity contribution in [1.29, 1.82) is 0 Å². The Morgan fingerprint density at radius 3 is 2.21 bits per heavy atom. The van der Waals surface area contributed by atoms with Gasteiger partial charge in [-0.15, -0.1) is 0 Å². The van der Waals surface area contributed by atoms with E-state index in [1.54, 1.807) is 0 Å². The number of benzene rings is 1. The van der Waals surface area contributed by atoms with Gasteiger partial charge in [-0.05, 0) is 44.9 Å². The molecule has 0 heterocycles. The summed E-state index contributed by atoms with van der Waals surface area (Å²) < 4.78 is 26.9. The second-order valence-electron chi connectivity index (χ2n) is 6.27. The van der Waals surface area contributed by atoms with Crippen LogP contribution in [0.25, 0.3) is 0 Å². The van der Waals surface area contributed by atoms with Crippen LogP contribution in [0, 0.1) is 17.6 Å². The molecule has 108 valence electrons. The highest BCUT2D eigenvalue weighted by molar-refractivity contribution is 5.22. The van der Waals surface area contributed by atoms with Crippen molar-refractivity contribution in [3.8, 4) is 0 Å². The van der Waals surface area contributed by atoms with Gasteiger partial charge in [-0.2, -0.15) is 0 Å². The monoisotopic (exact) mass is 271 g/mol. The lowest BCUT2D eigenvalue weighted by Gasteiger charge is -2.34. The second kappa shape index (κ2) is 5.97. The molecule has 0 bridgehead atoms. The van der Waals surface area contributed by atoms with Crippen LogP contribution in [0.5, 0.6) is 0 Å². The Balaban J connectivity index is 3.05. The van der Waals surface area contributed by atoms with Crippen LogP contribution >= 0.6 is 0 Å². The van der Waals surface area contributed by atoms with E-state index in [2.05, 4.69) is 5.32 Å². The molecule has 1 aromatic carbocycles. The molecule has 19 heavy (non-hydrogen) atoms. The van der Waals surface area contributed by atoms with Crippen LogP contribution in [-0.2, 0) is 0 Å². The van der Waals surface area contributed by atoms with E-state index in [9.17, 15) is 13.9 Å². The molecule has 0 saturated carbocycles. The van der Waals surface area contributed by atoms with Gasteiger partial charge in [0.1, 0.15) is 11.6 Å². The maximum Gasteiger partial charge on any atom is 0.129 e. The third-order valence-corrected chi connectivity index (χ3v) is 2.93. The molecule has 0 amide bonds. The van der Waals surface area contributed by atoms with Crippen LogP contribution in [0.15, 0.2) is 18.2 Å². The van der Waals surface area contributed by atoms with E-state index in [-0.39, 0.29) is 23.1 Å². The molecule has 2 N–H and O–H groups in total. The lowest BCUT2D eigenvalue weighted by Crippen LogP contribution is -2.49. The van der Waals surface area contributed by atoms with Gasteiger partial charge in [0.2, 0.25) is 0 Å². The molecule has 0 spiro atoms. The van der Waals surface area contributed by atoms with Gasteiger partial charge in [0.05, 0.1) is 6.10 Å². The van der Waals surface area contributed by atoms with E-state index in [0.717, 1.165) is 18.2 Å². The molecule has 0 aromatic heterocycles. The van der Waals surface area contributed by atoms with Gasteiger partial charge in [0.25, 0.3) is 0 Å². The van der Waals surface area contributed by atoms with Gasteiger partial charge in [-0.1, -0.05) is 13.8 Å². The molecule has 2 nitrogen and oxygen atoms in total. The molecular weight excluding hydrogens is 248 g/mol. The van der Waals surface area contributed by atoms with Crippen molar-refractivity contribution in [2.24, 2.45) is 5.92 Å². The van der Waals surface area contributed by atoms with E-state index >= 15 is 0 Å². The average molecular weight is 271 g/mol. The van der Waals surface area contributed by atoms with Gasteiger partial charge in [-0.3, -0.25) is 0 Å². The molecule has 0 saturated heterocycles. The van der Waals surface area contributed by atoms with Gasteiger partial charge >= 0.3 is 0 Å². The zero-order valence-electron chi connectivity index (χ0n) is 12.2. The number of halogens is 2. The number of hydrogen-bond acceptors (Lipinski definition) is 2. The zero-order valence-corrected chi connectivity index (χ0v) is 12.2. The summed E-state index contributed by atoms with van der Waals surface area (Å²) >= 11 is 0. The highest BCUT2D eigenvalue weighted by Gasteiger charge is 2.29. The minimum absolute atomic E-state index is 0.00421. The smallest absolute Gasteiger partial charge is 0.129 e. The molecule has 2 atom stereocenters. The summed E-state index contributed by atoms with van der Waals surface area (Å²) in [6.45, 7) is 9.78. The Morgan fingerprint density at radius 1 is 1.16 bits per heavy atom. The summed E-state index contributed by atoms with van der Waals surface area (Å²) in [6.07, 6.45) is -1.09. The normalized spacial score (nSPS) is 15.6. The van der Waals surface area contributed by atoms with Crippen molar-refractivity contribution in [3.05, 3.63) is 35.4 Å². The third-order valence-electron chi connectivity index (χ3n) is 2.93. The molecule has 0 aliphatic heterocycles. The van der Waals surface area contributed by atoms with Crippen LogP contribution < -0.4 is 5.32 Å². The predicted molar refractivity (Wildman–Crippen MR) is 72.8 cm³/mol. The molecule has 1 aromatic rings. The summed E-state index contributed by atoms with van der Waals surface area (Å²) in [5.74, 6) is -1.05. The van der Waals surface area contributed by atoms with Crippen molar-refractivity contribution in [3.63, 3.8) is 0 Å². The van der Waals surface area contributed by atoms with E-state index in [0.29, 0.717) is 0 Å². The van der Waals surface area contributed by atoms with E-state index in [1.165, 1.54) is 0 Å². The van der Waals surface area contributed by atoms with Gasteiger partial charge in [0, 0.05) is 17.1 Å². The Morgan fingerprint density at radius 2 is 1.74 bits per heavy atom. The largest absolute Gasteiger partial charge is 0.387 e. The zero-order chi connectivity index (χ0) is 14.8. The lowest BCUT2D eigenvalue weighted by molar-refractivity contribution is 0.0860. The topological polar surface area (TPSA) is 32.3 Å². The SMILES string of the molecule is CC(C)C(NC(C)(C)C)C(O)c1cc(F)ccc1F. The number of rotatable bonds is 4. The number of hydrogen-bond donors (Lipinski definition) is 2. The molecule has 1 rings (SSSR count). The minimum Gasteiger partial charge on any atom is -0.387 e. The minimum atomic E-state index is -1.09. The van der Waals surface area contributed by atoms with E-state index in [4.69, 9.17) is 0 Å². The number of aliphatic hydroxyl groups is 1. The van der Waals surface area contributed by atoms with Gasteiger partial charge in [0.15, 0.2) is 0 Å². The average Bonchev–Trinajstić information content (AvgIpc) is 2.27. The van der Waals surface area contributed by atoms with E-state index in [1.807, 2.05) is 34.6 Å².